The Balaban J connectivity index is 1.54. The van der Waals surface area contributed by atoms with E-state index in [2.05, 4.69) is 15.2 Å². The summed E-state index contributed by atoms with van der Waals surface area (Å²) in [5.74, 6) is -1.18. The van der Waals surface area contributed by atoms with Crippen LogP contribution in [-0.4, -0.2) is 45.1 Å². The van der Waals surface area contributed by atoms with Crippen LogP contribution in [0, 0.1) is 12.7 Å². The second kappa shape index (κ2) is 8.70. The lowest BCUT2D eigenvalue weighted by atomic mass is 9.97. The highest BCUT2D eigenvalue weighted by atomic mass is 19.4. The number of amides is 1. The summed E-state index contributed by atoms with van der Waals surface area (Å²) in [5.41, 5.74) is 3.97. The van der Waals surface area contributed by atoms with Crippen molar-refractivity contribution in [3.8, 4) is 5.69 Å². The Morgan fingerprint density at radius 1 is 1.19 bits per heavy atom. The molecule has 1 aliphatic rings. The number of carbonyl (C=O) groups is 1. The molecule has 1 amide bonds. The van der Waals surface area contributed by atoms with Gasteiger partial charge in [0.15, 0.2) is 5.69 Å². The number of hydrogen-bond acceptors (Lipinski definition) is 4. The van der Waals surface area contributed by atoms with Crippen LogP contribution < -0.4 is 5.32 Å². The fraction of sp³-hybridized carbons (Fsp3) is 0.318. The van der Waals surface area contributed by atoms with Crippen LogP contribution in [0.3, 0.4) is 0 Å². The summed E-state index contributed by atoms with van der Waals surface area (Å²) in [6, 6.07) is 12.2. The molecular formula is C22H21F4N5O. The van der Waals surface area contributed by atoms with Gasteiger partial charge in [0.25, 0.3) is 5.91 Å². The fourth-order valence-electron chi connectivity index (χ4n) is 3.91. The third-order valence-electron chi connectivity index (χ3n) is 5.40. The van der Waals surface area contributed by atoms with Gasteiger partial charge in [-0.15, -0.1) is 5.10 Å². The molecule has 0 bridgehead atoms. The highest BCUT2D eigenvalue weighted by molar-refractivity contribution is 5.93. The lowest BCUT2D eigenvalue weighted by Gasteiger charge is -2.30. The molecule has 1 aliphatic heterocycles. The van der Waals surface area contributed by atoms with Crippen molar-refractivity contribution in [1.29, 1.82) is 0 Å². The summed E-state index contributed by atoms with van der Waals surface area (Å²) < 4.78 is 52.2. The van der Waals surface area contributed by atoms with Crippen molar-refractivity contribution in [1.82, 2.24) is 25.2 Å². The Hall–Kier alpha value is -3.27. The Kier molecular flexibility index (Phi) is 5.96. The zero-order chi connectivity index (χ0) is 22.9. The monoisotopic (exact) mass is 447 g/mol. The lowest BCUT2D eigenvalue weighted by Crippen LogP contribution is -2.34. The van der Waals surface area contributed by atoms with Crippen LogP contribution in [-0.2, 0) is 19.5 Å². The van der Waals surface area contributed by atoms with Gasteiger partial charge in [-0.2, -0.15) is 13.2 Å². The number of halogens is 4. The van der Waals surface area contributed by atoms with Crippen molar-refractivity contribution < 1.29 is 22.4 Å². The van der Waals surface area contributed by atoms with Crippen molar-refractivity contribution in [2.24, 2.45) is 0 Å². The molecule has 6 nitrogen and oxygen atoms in total. The van der Waals surface area contributed by atoms with E-state index in [-0.39, 0.29) is 11.5 Å². The molecule has 0 fully saturated rings. The normalized spacial score (nSPS) is 14.3. The van der Waals surface area contributed by atoms with Crippen molar-refractivity contribution in [2.45, 2.75) is 32.6 Å². The van der Waals surface area contributed by atoms with Gasteiger partial charge in [-0.1, -0.05) is 29.5 Å². The topological polar surface area (TPSA) is 63.1 Å². The summed E-state index contributed by atoms with van der Waals surface area (Å²) in [7, 11) is 0. The maximum absolute atomic E-state index is 13.5. The maximum atomic E-state index is 13.5. The molecule has 2 heterocycles. The second-order valence-corrected chi connectivity index (χ2v) is 7.74. The smallest absolute Gasteiger partial charge is 0.341 e. The van der Waals surface area contributed by atoms with E-state index in [4.69, 9.17) is 0 Å². The Morgan fingerprint density at radius 3 is 2.72 bits per heavy atom. The predicted molar refractivity (Wildman–Crippen MR) is 109 cm³/mol. The molecule has 0 aliphatic carbocycles. The van der Waals surface area contributed by atoms with E-state index < -0.39 is 18.6 Å². The van der Waals surface area contributed by atoms with Crippen LogP contribution in [0.15, 0.2) is 42.5 Å². The SMILES string of the molecule is Cc1c(C(=O)NCC(F)(F)F)nnn1-c1cccc2c1CCN(Cc1cccc(F)c1)C2. The van der Waals surface area contributed by atoms with E-state index >= 15 is 0 Å². The van der Waals surface area contributed by atoms with Gasteiger partial charge in [-0.05, 0) is 48.2 Å². The van der Waals surface area contributed by atoms with Gasteiger partial charge in [0.05, 0.1) is 11.4 Å². The van der Waals surface area contributed by atoms with Crippen LogP contribution in [0.4, 0.5) is 17.6 Å². The molecule has 2 aromatic carbocycles. The number of alkyl halides is 3. The molecule has 0 unspecified atom stereocenters. The molecule has 0 atom stereocenters. The maximum Gasteiger partial charge on any atom is 0.405 e. The van der Waals surface area contributed by atoms with Gasteiger partial charge >= 0.3 is 6.18 Å². The number of rotatable bonds is 5. The van der Waals surface area contributed by atoms with Crippen LogP contribution in [0.5, 0.6) is 0 Å². The van der Waals surface area contributed by atoms with Crippen molar-refractivity contribution in [3.05, 3.63) is 76.4 Å². The molecule has 0 spiro atoms. The van der Waals surface area contributed by atoms with Crippen LogP contribution >= 0.6 is 0 Å². The van der Waals surface area contributed by atoms with E-state index in [1.54, 1.807) is 13.0 Å². The molecule has 10 heteroatoms. The van der Waals surface area contributed by atoms with Gasteiger partial charge < -0.3 is 5.32 Å². The van der Waals surface area contributed by atoms with Gasteiger partial charge in [0, 0.05) is 19.6 Å². The first-order valence-electron chi connectivity index (χ1n) is 10.1. The zero-order valence-electron chi connectivity index (χ0n) is 17.3. The van der Waals surface area contributed by atoms with E-state index in [0.717, 1.165) is 28.9 Å². The van der Waals surface area contributed by atoms with Crippen molar-refractivity contribution in [2.75, 3.05) is 13.1 Å². The number of nitrogens with one attached hydrogen (secondary N) is 1. The molecule has 0 saturated heterocycles. The quantitative estimate of drug-likeness (QED) is 0.608. The first-order valence-corrected chi connectivity index (χ1v) is 10.1. The second-order valence-electron chi connectivity index (χ2n) is 7.74. The number of benzene rings is 2. The minimum atomic E-state index is -4.50. The highest BCUT2D eigenvalue weighted by Crippen LogP contribution is 2.27. The molecule has 1 aromatic heterocycles. The number of fused-ring (bicyclic) bond motifs is 1. The Bertz CT molecular complexity index is 1140. The van der Waals surface area contributed by atoms with E-state index in [0.29, 0.717) is 25.2 Å². The van der Waals surface area contributed by atoms with Crippen LogP contribution in [0.1, 0.15) is 32.9 Å². The summed E-state index contributed by atoms with van der Waals surface area (Å²) in [4.78, 5) is 14.3. The number of hydrogen-bond donors (Lipinski definition) is 1. The van der Waals surface area contributed by atoms with Gasteiger partial charge in [-0.3, -0.25) is 9.69 Å². The third kappa shape index (κ3) is 4.80. The van der Waals surface area contributed by atoms with Crippen LogP contribution in [0.25, 0.3) is 5.69 Å². The first kappa shape index (κ1) is 21.9. The molecular weight excluding hydrogens is 426 g/mol. The van der Waals surface area contributed by atoms with E-state index in [1.165, 1.54) is 16.8 Å². The molecule has 0 saturated carbocycles. The van der Waals surface area contributed by atoms with Gasteiger partial charge in [0.2, 0.25) is 0 Å². The summed E-state index contributed by atoms with van der Waals surface area (Å²) in [5, 5.41) is 9.66. The standard InChI is InChI=1S/C22H21F4N5O/c1-14-20(21(32)27-13-22(24,25)26)28-29-31(14)19-7-3-5-16-12-30(9-8-18(16)19)11-15-4-2-6-17(23)10-15/h2-7,10H,8-9,11-13H2,1H3,(H,27,32). The third-order valence-corrected chi connectivity index (χ3v) is 5.40. The molecule has 3 aromatic rings. The molecule has 0 radical (unpaired) electrons. The van der Waals surface area contributed by atoms with E-state index in [9.17, 15) is 22.4 Å². The summed E-state index contributed by atoms with van der Waals surface area (Å²) >= 11 is 0. The fourth-order valence-corrected chi connectivity index (χ4v) is 3.91. The lowest BCUT2D eigenvalue weighted by molar-refractivity contribution is -0.123. The number of carbonyl (C=O) groups excluding carboxylic acids is 1. The summed E-state index contributed by atoms with van der Waals surface area (Å²) in [6.07, 6.45) is -3.80. The number of nitrogens with zero attached hydrogens (tertiary/aromatic N) is 4. The minimum Gasteiger partial charge on any atom is -0.341 e. The minimum absolute atomic E-state index is 0.143. The molecule has 1 N–H and O–H groups in total. The summed E-state index contributed by atoms with van der Waals surface area (Å²) in [6.45, 7) is 2.19. The highest BCUT2D eigenvalue weighted by Gasteiger charge is 2.29. The Labute approximate surface area is 181 Å². The van der Waals surface area contributed by atoms with Crippen molar-refractivity contribution >= 4 is 5.91 Å². The first-order chi connectivity index (χ1) is 15.2. The van der Waals surface area contributed by atoms with E-state index in [1.807, 2.05) is 29.6 Å². The average molecular weight is 447 g/mol. The predicted octanol–water partition coefficient (Wildman–Crippen LogP) is 3.57. The number of aromatic nitrogens is 3. The van der Waals surface area contributed by atoms with Gasteiger partial charge in [-0.25, -0.2) is 9.07 Å². The Morgan fingerprint density at radius 2 is 1.97 bits per heavy atom. The molecule has 4 rings (SSSR count). The van der Waals surface area contributed by atoms with Crippen molar-refractivity contribution in [3.63, 3.8) is 0 Å². The molecule has 32 heavy (non-hydrogen) atoms. The van der Waals surface area contributed by atoms with Gasteiger partial charge in [0.1, 0.15) is 12.4 Å². The zero-order valence-corrected chi connectivity index (χ0v) is 17.3. The van der Waals surface area contributed by atoms with Crippen LogP contribution in [0.2, 0.25) is 0 Å². The average Bonchev–Trinajstić information content (AvgIpc) is 3.12. The largest absolute Gasteiger partial charge is 0.405 e. The molecule has 168 valence electrons.